The molecule has 1 aromatic heterocycles. The normalized spacial score (nSPS) is 14.7. The topological polar surface area (TPSA) is 124 Å². The summed E-state index contributed by atoms with van der Waals surface area (Å²) in [6, 6.07) is 9.12. The van der Waals surface area contributed by atoms with E-state index in [0.717, 1.165) is 13.1 Å². The first-order valence-electron chi connectivity index (χ1n) is 12.3. The quantitative estimate of drug-likeness (QED) is 0.401. The van der Waals surface area contributed by atoms with Crippen molar-refractivity contribution in [3.63, 3.8) is 0 Å². The van der Waals surface area contributed by atoms with E-state index in [0.29, 0.717) is 30.6 Å². The van der Waals surface area contributed by atoms with Crippen LogP contribution in [0.4, 0.5) is 14.9 Å². The Hall–Kier alpha value is -3.52. The zero-order valence-electron chi connectivity index (χ0n) is 22.3. The summed E-state index contributed by atoms with van der Waals surface area (Å²) in [6.07, 6.45) is -0.595. The first kappa shape index (κ1) is 28.5. The van der Waals surface area contributed by atoms with Gasteiger partial charge >= 0.3 is 11.7 Å². The van der Waals surface area contributed by atoms with Gasteiger partial charge in [0, 0.05) is 63.2 Å². The Morgan fingerprint density at radius 3 is 2.51 bits per heavy atom. The van der Waals surface area contributed by atoms with E-state index in [1.165, 1.54) is 31.3 Å². The second-order valence-corrected chi connectivity index (χ2v) is 11.3. The maximum absolute atomic E-state index is 15.3. The minimum absolute atomic E-state index is 0.121. The number of fused-ring (bicyclic) bond motifs is 1. The summed E-state index contributed by atoms with van der Waals surface area (Å²) in [4.78, 5) is 31.4. The average molecular weight is 562 g/mol. The summed E-state index contributed by atoms with van der Waals surface area (Å²) in [5, 5.41) is 0.616. The maximum Gasteiger partial charge on any atom is 0.415 e. The number of nitrogens with one attached hydrogen (secondary N) is 2. The van der Waals surface area contributed by atoms with E-state index in [1.807, 2.05) is 26.0 Å². The molecule has 0 bridgehead atoms. The van der Waals surface area contributed by atoms with Gasteiger partial charge < -0.3 is 23.9 Å². The molecule has 0 saturated carbocycles. The molecule has 3 aromatic rings. The van der Waals surface area contributed by atoms with E-state index in [9.17, 15) is 18.0 Å². The van der Waals surface area contributed by atoms with Crippen LogP contribution < -0.4 is 19.8 Å². The van der Waals surface area contributed by atoms with Crippen LogP contribution in [0.2, 0.25) is 0 Å². The van der Waals surface area contributed by atoms with Crippen LogP contribution in [0.15, 0.2) is 45.6 Å². The molecule has 1 fully saturated rings. The number of halogens is 1. The summed E-state index contributed by atoms with van der Waals surface area (Å²) in [5.41, 5.74) is 0.321. The van der Waals surface area contributed by atoms with Crippen molar-refractivity contribution in [2.45, 2.75) is 13.0 Å². The van der Waals surface area contributed by atoms with E-state index in [2.05, 4.69) is 14.3 Å². The molecule has 4 rings (SSSR count). The van der Waals surface area contributed by atoms with Gasteiger partial charge in [0.15, 0.2) is 5.82 Å². The van der Waals surface area contributed by atoms with Crippen LogP contribution in [0.25, 0.3) is 11.0 Å². The lowest BCUT2D eigenvalue weighted by Gasteiger charge is -2.31. The monoisotopic (exact) mass is 561 g/mol. The van der Waals surface area contributed by atoms with E-state index >= 15 is 4.39 Å². The van der Waals surface area contributed by atoms with Crippen LogP contribution in [0, 0.1) is 5.82 Å². The highest BCUT2D eigenvalue weighted by molar-refractivity contribution is 7.90. The number of nitrogens with zero attached hydrogens (tertiary/aromatic N) is 3. The van der Waals surface area contributed by atoms with Crippen LogP contribution in [-0.4, -0.2) is 83.6 Å². The molecule has 2 N–H and O–H groups in total. The van der Waals surface area contributed by atoms with Gasteiger partial charge in [-0.25, -0.2) is 18.7 Å². The third-order valence-corrected chi connectivity index (χ3v) is 7.52. The van der Waals surface area contributed by atoms with Crippen LogP contribution in [0.5, 0.6) is 5.75 Å². The van der Waals surface area contributed by atoms with Crippen molar-refractivity contribution >= 4 is 33.0 Å². The number of carbonyl (C=O) groups excluding carboxylic acids is 1. The number of hydrogen-bond acceptors (Lipinski definition) is 8. The number of piperazine rings is 1. The summed E-state index contributed by atoms with van der Waals surface area (Å²) in [6.45, 7) is 2.98. The standard InChI is InChI=1S/C26H32FN5O6S/c1-28-39(35,36)29-22-7-5-6-17(24(22)27)14-20-21(16-30(2)3)19-9-8-18(15-23(19)38-25(20)33)37-26(34)32-12-10-31(4)11-13-32/h5-9,15,28-29H,10-14,16H2,1-4H3. The number of anilines is 1. The lowest BCUT2D eigenvalue weighted by Crippen LogP contribution is -2.48. The third-order valence-electron chi connectivity index (χ3n) is 6.49. The molecule has 210 valence electrons. The van der Waals surface area contributed by atoms with Gasteiger partial charge in [-0.1, -0.05) is 12.1 Å². The van der Waals surface area contributed by atoms with Crippen molar-refractivity contribution in [1.29, 1.82) is 0 Å². The molecule has 39 heavy (non-hydrogen) atoms. The molecule has 0 unspecified atom stereocenters. The lowest BCUT2D eigenvalue weighted by molar-refractivity contribution is 0.120. The number of carbonyl (C=O) groups is 1. The fraction of sp³-hybridized carbons (Fsp3) is 0.385. The Labute approximate surface area is 226 Å². The molecule has 2 heterocycles. The predicted molar refractivity (Wildman–Crippen MR) is 146 cm³/mol. The molecule has 11 nitrogen and oxygen atoms in total. The largest absolute Gasteiger partial charge is 0.422 e. The van der Waals surface area contributed by atoms with Crippen molar-refractivity contribution in [3.05, 3.63) is 69.3 Å². The minimum Gasteiger partial charge on any atom is -0.422 e. The van der Waals surface area contributed by atoms with Crippen molar-refractivity contribution in [1.82, 2.24) is 19.4 Å². The average Bonchev–Trinajstić information content (AvgIpc) is 2.88. The highest BCUT2D eigenvalue weighted by Gasteiger charge is 2.23. The smallest absolute Gasteiger partial charge is 0.415 e. The summed E-state index contributed by atoms with van der Waals surface area (Å²) in [7, 11) is 2.93. The van der Waals surface area contributed by atoms with Crippen molar-refractivity contribution in [3.8, 4) is 5.75 Å². The second kappa shape index (κ2) is 11.7. The first-order chi connectivity index (χ1) is 18.5. The maximum atomic E-state index is 15.3. The van der Waals surface area contributed by atoms with Gasteiger partial charge in [-0.15, -0.1) is 0 Å². The zero-order chi connectivity index (χ0) is 28.3. The molecule has 1 aliphatic heterocycles. The molecule has 13 heteroatoms. The Kier molecular flexibility index (Phi) is 8.54. The molecule has 0 atom stereocenters. The van der Waals surface area contributed by atoms with Gasteiger partial charge in [-0.3, -0.25) is 4.72 Å². The first-order valence-corrected chi connectivity index (χ1v) is 13.8. The third kappa shape index (κ3) is 6.74. The Morgan fingerprint density at radius 2 is 1.85 bits per heavy atom. The van der Waals surface area contributed by atoms with E-state index in [4.69, 9.17) is 9.15 Å². The second-order valence-electron chi connectivity index (χ2n) is 9.67. The van der Waals surface area contributed by atoms with Crippen molar-refractivity contribution < 1.29 is 26.8 Å². The van der Waals surface area contributed by atoms with Crippen molar-refractivity contribution in [2.75, 3.05) is 59.1 Å². The van der Waals surface area contributed by atoms with E-state index < -0.39 is 27.7 Å². The molecule has 0 radical (unpaired) electrons. The van der Waals surface area contributed by atoms with Gasteiger partial charge in [0.2, 0.25) is 0 Å². The van der Waals surface area contributed by atoms with Crippen LogP contribution >= 0.6 is 0 Å². The van der Waals surface area contributed by atoms with Crippen LogP contribution in [0.1, 0.15) is 16.7 Å². The number of ether oxygens (including phenoxy) is 1. The summed E-state index contributed by atoms with van der Waals surface area (Å²) >= 11 is 0. The number of amides is 1. The van der Waals surface area contributed by atoms with Gasteiger partial charge in [0.25, 0.3) is 10.2 Å². The van der Waals surface area contributed by atoms with Gasteiger partial charge in [0.1, 0.15) is 11.3 Å². The van der Waals surface area contributed by atoms with Gasteiger partial charge in [-0.05, 0) is 50.5 Å². The molecular weight excluding hydrogens is 529 g/mol. The van der Waals surface area contributed by atoms with Crippen molar-refractivity contribution in [2.24, 2.45) is 0 Å². The molecular formula is C26H32FN5O6S. The Balaban J connectivity index is 1.68. The molecule has 1 saturated heterocycles. The van der Waals surface area contributed by atoms with Gasteiger partial charge in [-0.2, -0.15) is 8.42 Å². The number of likely N-dealkylation sites (N-methyl/N-ethyl adjacent to an activating group) is 1. The fourth-order valence-electron chi connectivity index (χ4n) is 4.36. The van der Waals surface area contributed by atoms with E-state index in [1.54, 1.807) is 17.0 Å². The number of rotatable bonds is 8. The summed E-state index contributed by atoms with van der Waals surface area (Å²) < 4.78 is 54.4. The van der Waals surface area contributed by atoms with Crippen LogP contribution in [-0.2, 0) is 23.2 Å². The number of hydrogen-bond donors (Lipinski definition) is 2. The molecule has 1 amide bonds. The minimum atomic E-state index is -3.94. The highest BCUT2D eigenvalue weighted by atomic mass is 32.2. The highest BCUT2D eigenvalue weighted by Crippen LogP contribution is 2.28. The van der Waals surface area contributed by atoms with E-state index in [-0.39, 0.29) is 34.6 Å². The Bertz CT molecular complexity index is 1530. The SMILES string of the molecule is CNS(=O)(=O)Nc1cccc(Cc2c(CN(C)C)c3ccc(OC(=O)N4CCN(C)CC4)cc3oc2=O)c1F. The molecule has 2 aromatic carbocycles. The molecule has 0 spiro atoms. The van der Waals surface area contributed by atoms with Gasteiger partial charge in [0.05, 0.1) is 5.69 Å². The lowest BCUT2D eigenvalue weighted by atomic mass is 9.97. The predicted octanol–water partition coefficient (Wildman–Crippen LogP) is 2.21. The van der Waals surface area contributed by atoms with Crippen LogP contribution in [0.3, 0.4) is 0 Å². The fourth-order valence-corrected chi connectivity index (χ4v) is 4.91. The zero-order valence-corrected chi connectivity index (χ0v) is 23.1. The number of benzene rings is 2. The Morgan fingerprint density at radius 1 is 1.13 bits per heavy atom. The molecule has 1 aliphatic rings. The molecule has 0 aliphatic carbocycles. The summed E-state index contributed by atoms with van der Waals surface area (Å²) in [5.74, 6) is -0.550.